The van der Waals surface area contributed by atoms with Crippen molar-refractivity contribution in [2.24, 2.45) is 0 Å². The third kappa shape index (κ3) is 3.39. The number of aliphatic hydroxyl groups excluding tert-OH is 1. The molecule has 2 aromatic heterocycles. The highest BCUT2D eigenvalue weighted by molar-refractivity contribution is 6.06. The van der Waals surface area contributed by atoms with Crippen molar-refractivity contribution >= 4 is 22.5 Å². The van der Waals surface area contributed by atoms with Crippen LogP contribution in [0.3, 0.4) is 0 Å². The smallest absolute Gasteiger partial charge is 0.272 e. The lowest BCUT2D eigenvalue weighted by Crippen LogP contribution is -2.12. The van der Waals surface area contributed by atoms with Crippen molar-refractivity contribution in [2.75, 3.05) is 11.9 Å². The zero-order valence-corrected chi connectivity index (χ0v) is 15.2. The van der Waals surface area contributed by atoms with E-state index in [-0.39, 0.29) is 18.3 Å². The Kier molecular flexibility index (Phi) is 4.67. The van der Waals surface area contributed by atoms with Crippen LogP contribution in [0.2, 0.25) is 0 Å². The predicted molar refractivity (Wildman–Crippen MR) is 106 cm³/mol. The molecule has 7 heteroatoms. The van der Waals surface area contributed by atoms with Crippen molar-refractivity contribution in [3.63, 3.8) is 0 Å². The highest BCUT2D eigenvalue weighted by Gasteiger charge is 2.14. The van der Waals surface area contributed by atoms with Gasteiger partial charge in [-0.05, 0) is 42.3 Å². The number of aryl methyl sites for hydroxylation is 1. The number of H-pyrrole nitrogens is 1. The Balaban J connectivity index is 1.58. The second-order valence-electron chi connectivity index (χ2n) is 6.59. The van der Waals surface area contributed by atoms with Crippen molar-refractivity contribution in [2.45, 2.75) is 13.5 Å². The topological polar surface area (TPSA) is 82.9 Å². The number of hydrogen-bond acceptors (Lipinski definition) is 3. The Morgan fingerprint density at radius 3 is 2.89 bits per heavy atom. The summed E-state index contributed by atoms with van der Waals surface area (Å²) in [6.45, 7) is 2.30. The van der Waals surface area contributed by atoms with Crippen LogP contribution < -0.4 is 5.32 Å². The number of aliphatic hydroxyl groups is 1. The predicted octanol–water partition coefficient (Wildman–Crippen LogP) is 3.72. The molecule has 2 heterocycles. The van der Waals surface area contributed by atoms with E-state index in [9.17, 15) is 9.18 Å². The lowest BCUT2D eigenvalue weighted by Gasteiger charge is -2.06. The molecule has 0 aliphatic carbocycles. The fraction of sp³-hybridized carbons (Fsp3) is 0.143. The van der Waals surface area contributed by atoms with Crippen molar-refractivity contribution in [1.82, 2.24) is 14.8 Å². The molecule has 1 amide bonds. The molecule has 0 unspecified atom stereocenters. The molecule has 0 bridgehead atoms. The number of aromatic nitrogens is 3. The summed E-state index contributed by atoms with van der Waals surface area (Å²) in [6.07, 6.45) is 3.54. The second kappa shape index (κ2) is 7.28. The molecule has 3 N–H and O–H groups in total. The molecule has 2 aromatic carbocycles. The van der Waals surface area contributed by atoms with Gasteiger partial charge < -0.3 is 15.4 Å². The first-order valence-corrected chi connectivity index (χ1v) is 8.88. The van der Waals surface area contributed by atoms with Crippen LogP contribution in [0.1, 0.15) is 16.1 Å². The molecule has 0 atom stereocenters. The van der Waals surface area contributed by atoms with E-state index in [1.54, 1.807) is 23.0 Å². The van der Waals surface area contributed by atoms with Gasteiger partial charge in [0.1, 0.15) is 11.5 Å². The molecule has 0 saturated heterocycles. The van der Waals surface area contributed by atoms with Crippen LogP contribution in [0.15, 0.2) is 54.9 Å². The zero-order valence-electron chi connectivity index (χ0n) is 15.2. The summed E-state index contributed by atoms with van der Waals surface area (Å²) in [5, 5.41) is 16.4. The van der Waals surface area contributed by atoms with Gasteiger partial charge in [-0.1, -0.05) is 18.2 Å². The van der Waals surface area contributed by atoms with Gasteiger partial charge in [-0.25, -0.2) is 4.39 Å². The first-order chi connectivity index (χ1) is 13.5. The van der Waals surface area contributed by atoms with Gasteiger partial charge in [-0.15, -0.1) is 0 Å². The number of anilines is 1. The molecular formula is C21H19FN4O2. The van der Waals surface area contributed by atoms with E-state index in [4.69, 9.17) is 5.11 Å². The normalized spacial score (nSPS) is 11.1. The lowest BCUT2D eigenvalue weighted by molar-refractivity contribution is 0.102. The Hall–Kier alpha value is -3.45. The molecule has 4 rings (SSSR count). The summed E-state index contributed by atoms with van der Waals surface area (Å²) in [5.74, 6) is -0.707. The fourth-order valence-corrected chi connectivity index (χ4v) is 3.16. The minimum atomic E-state index is -0.363. The van der Waals surface area contributed by atoms with Crippen molar-refractivity contribution in [3.05, 3.63) is 71.9 Å². The number of carbonyl (C=O) groups excluding carboxylic acids is 1. The number of hydrogen-bond donors (Lipinski definition) is 3. The van der Waals surface area contributed by atoms with Crippen LogP contribution in [0.4, 0.5) is 10.1 Å². The molecule has 0 aliphatic heterocycles. The van der Waals surface area contributed by atoms with Gasteiger partial charge in [-0.3, -0.25) is 9.48 Å². The molecule has 6 nitrogen and oxygen atoms in total. The van der Waals surface area contributed by atoms with Crippen molar-refractivity contribution in [1.29, 1.82) is 0 Å². The number of carbonyl (C=O) groups is 1. The van der Waals surface area contributed by atoms with Gasteiger partial charge in [0.05, 0.1) is 24.9 Å². The average Bonchev–Trinajstić information content (AvgIpc) is 3.33. The van der Waals surface area contributed by atoms with Crippen LogP contribution in [-0.4, -0.2) is 32.4 Å². The van der Waals surface area contributed by atoms with E-state index in [0.717, 1.165) is 16.7 Å². The van der Waals surface area contributed by atoms with E-state index in [2.05, 4.69) is 15.4 Å². The van der Waals surface area contributed by atoms with Crippen molar-refractivity contribution in [3.8, 4) is 11.1 Å². The van der Waals surface area contributed by atoms with E-state index in [1.165, 1.54) is 12.1 Å². The number of halogens is 1. The summed E-state index contributed by atoms with van der Waals surface area (Å²) < 4.78 is 15.6. The number of benzene rings is 2. The summed E-state index contributed by atoms with van der Waals surface area (Å²) in [6, 6.07) is 12.0. The second-order valence-corrected chi connectivity index (χ2v) is 6.59. The Labute approximate surface area is 160 Å². The van der Waals surface area contributed by atoms with Crippen LogP contribution in [-0.2, 0) is 6.54 Å². The maximum Gasteiger partial charge on any atom is 0.272 e. The first-order valence-electron chi connectivity index (χ1n) is 8.88. The minimum absolute atomic E-state index is 0.0157. The Morgan fingerprint density at radius 2 is 2.11 bits per heavy atom. The van der Waals surface area contributed by atoms with Gasteiger partial charge in [0.15, 0.2) is 0 Å². The summed E-state index contributed by atoms with van der Waals surface area (Å²) in [4.78, 5) is 15.6. The minimum Gasteiger partial charge on any atom is -0.394 e. The zero-order chi connectivity index (χ0) is 19.7. The molecular weight excluding hydrogens is 359 g/mol. The van der Waals surface area contributed by atoms with E-state index in [0.29, 0.717) is 28.8 Å². The summed E-state index contributed by atoms with van der Waals surface area (Å²) in [5.41, 5.74) is 4.18. The molecule has 0 spiro atoms. The van der Waals surface area contributed by atoms with E-state index in [1.807, 2.05) is 31.3 Å². The fourth-order valence-electron chi connectivity index (χ4n) is 3.16. The molecule has 142 valence electrons. The Bertz CT molecular complexity index is 1120. The highest BCUT2D eigenvalue weighted by atomic mass is 19.1. The molecule has 4 aromatic rings. The molecule has 0 radical (unpaired) electrons. The number of amides is 1. The molecule has 0 fully saturated rings. The van der Waals surface area contributed by atoms with Crippen LogP contribution >= 0.6 is 0 Å². The third-order valence-electron chi connectivity index (χ3n) is 4.61. The van der Waals surface area contributed by atoms with Crippen LogP contribution in [0.5, 0.6) is 0 Å². The van der Waals surface area contributed by atoms with E-state index >= 15 is 0 Å². The average molecular weight is 378 g/mol. The number of nitrogens with one attached hydrogen (secondary N) is 2. The lowest BCUT2D eigenvalue weighted by atomic mass is 10.1. The van der Waals surface area contributed by atoms with Gasteiger partial charge in [0.2, 0.25) is 0 Å². The Morgan fingerprint density at radius 1 is 1.25 bits per heavy atom. The highest BCUT2D eigenvalue weighted by Crippen LogP contribution is 2.25. The standard InChI is InChI=1S/C21H19FN4O2/c1-13-5-6-18(22)17-10-19(25-20(13)17)21(28)24-16-4-2-3-14(9-16)15-11-23-26(12-15)7-8-27/h2-6,9-12,25,27H,7-8H2,1H3,(H,24,28). The number of aromatic amines is 1. The monoisotopic (exact) mass is 378 g/mol. The quantitative estimate of drug-likeness (QED) is 0.495. The SMILES string of the molecule is Cc1ccc(F)c2cc(C(=O)Nc3cccc(-c4cnn(CCO)c4)c3)[nH]c12. The molecule has 28 heavy (non-hydrogen) atoms. The van der Waals surface area contributed by atoms with Gasteiger partial charge >= 0.3 is 0 Å². The summed E-state index contributed by atoms with van der Waals surface area (Å²) >= 11 is 0. The van der Waals surface area contributed by atoms with E-state index < -0.39 is 0 Å². The number of nitrogens with zero attached hydrogens (tertiary/aromatic N) is 2. The first kappa shape index (κ1) is 17.9. The summed E-state index contributed by atoms with van der Waals surface area (Å²) in [7, 11) is 0. The largest absolute Gasteiger partial charge is 0.394 e. The molecule has 0 saturated carbocycles. The van der Waals surface area contributed by atoms with Crippen LogP contribution in [0.25, 0.3) is 22.0 Å². The van der Waals surface area contributed by atoms with Gasteiger partial charge in [0.25, 0.3) is 5.91 Å². The molecule has 0 aliphatic rings. The third-order valence-corrected chi connectivity index (χ3v) is 4.61. The van der Waals surface area contributed by atoms with Crippen molar-refractivity contribution < 1.29 is 14.3 Å². The van der Waals surface area contributed by atoms with Gasteiger partial charge in [0, 0.05) is 22.8 Å². The number of rotatable bonds is 5. The number of fused-ring (bicyclic) bond motifs is 1. The maximum atomic E-state index is 14.0. The van der Waals surface area contributed by atoms with Crippen LogP contribution in [0, 0.1) is 12.7 Å². The van der Waals surface area contributed by atoms with Gasteiger partial charge in [-0.2, -0.15) is 5.10 Å². The maximum absolute atomic E-state index is 14.0.